The van der Waals surface area contributed by atoms with E-state index in [1.54, 1.807) is 6.20 Å². The lowest BCUT2D eigenvalue weighted by molar-refractivity contribution is -0.115. The van der Waals surface area contributed by atoms with E-state index in [9.17, 15) is 4.79 Å². The molecular weight excluding hydrogens is 262 g/mol. The molecule has 0 aliphatic carbocycles. The number of nitrogens with one attached hydrogen (secondary N) is 1. The summed E-state index contributed by atoms with van der Waals surface area (Å²) >= 11 is 1.39. The number of aryl methyl sites for hydroxylation is 1. The van der Waals surface area contributed by atoms with Gasteiger partial charge < -0.3 is 9.73 Å². The van der Waals surface area contributed by atoms with Crippen LogP contribution in [0.15, 0.2) is 16.0 Å². The molecule has 1 amide bonds. The number of rotatable bonds is 3. The van der Waals surface area contributed by atoms with Gasteiger partial charge in [-0.2, -0.15) is 0 Å². The molecule has 1 N–H and O–H groups in total. The predicted octanol–water partition coefficient (Wildman–Crippen LogP) is 2.92. The highest BCUT2D eigenvalue weighted by molar-refractivity contribution is 7.13. The van der Waals surface area contributed by atoms with E-state index in [1.165, 1.54) is 11.3 Å². The molecule has 0 aliphatic rings. The predicted molar refractivity (Wildman–Crippen MR) is 74.4 cm³/mol. The standard InChI is InChI=1S/C13H17N3O2S/c1-8-9(18-11(15-8)13(2,3)4)7-10(17)16-12-14-5-6-19-12/h5-6H,7H2,1-4H3,(H,14,16,17). The second-order valence-electron chi connectivity index (χ2n) is 5.34. The molecule has 19 heavy (non-hydrogen) atoms. The van der Waals surface area contributed by atoms with Crippen LogP contribution in [-0.4, -0.2) is 15.9 Å². The summed E-state index contributed by atoms with van der Waals surface area (Å²) in [4.78, 5) is 20.2. The molecule has 5 nitrogen and oxygen atoms in total. The zero-order valence-corrected chi connectivity index (χ0v) is 12.3. The first-order valence-corrected chi connectivity index (χ1v) is 6.90. The zero-order valence-electron chi connectivity index (χ0n) is 11.5. The number of oxazole rings is 1. The first-order valence-electron chi connectivity index (χ1n) is 6.02. The Morgan fingerprint density at radius 2 is 2.21 bits per heavy atom. The highest BCUT2D eigenvalue weighted by Gasteiger charge is 2.23. The Hall–Kier alpha value is -1.69. The van der Waals surface area contributed by atoms with Crippen LogP contribution in [0.5, 0.6) is 0 Å². The minimum atomic E-state index is -0.158. The highest BCUT2D eigenvalue weighted by atomic mass is 32.1. The second-order valence-corrected chi connectivity index (χ2v) is 6.23. The van der Waals surface area contributed by atoms with Crippen LogP contribution in [0.25, 0.3) is 0 Å². The van der Waals surface area contributed by atoms with Crippen molar-refractivity contribution in [3.05, 3.63) is 28.9 Å². The van der Waals surface area contributed by atoms with Crippen molar-refractivity contribution in [2.45, 2.75) is 39.5 Å². The Labute approximate surface area is 116 Å². The Balaban J connectivity index is 2.07. The lowest BCUT2D eigenvalue weighted by atomic mass is 9.97. The maximum Gasteiger partial charge on any atom is 0.233 e. The van der Waals surface area contributed by atoms with Gasteiger partial charge >= 0.3 is 0 Å². The number of hydrogen-bond acceptors (Lipinski definition) is 5. The van der Waals surface area contributed by atoms with Crippen molar-refractivity contribution < 1.29 is 9.21 Å². The molecule has 0 aliphatic heterocycles. The minimum Gasteiger partial charge on any atom is -0.444 e. The van der Waals surface area contributed by atoms with Crippen LogP contribution in [0.3, 0.4) is 0 Å². The fraction of sp³-hybridized carbons (Fsp3) is 0.462. The van der Waals surface area contributed by atoms with Gasteiger partial charge in [0.05, 0.1) is 12.1 Å². The number of anilines is 1. The number of amides is 1. The first-order chi connectivity index (χ1) is 8.86. The van der Waals surface area contributed by atoms with Crippen molar-refractivity contribution in [2.24, 2.45) is 0 Å². The maximum absolute atomic E-state index is 11.9. The van der Waals surface area contributed by atoms with Crippen LogP contribution in [0.4, 0.5) is 5.13 Å². The van der Waals surface area contributed by atoms with Crippen molar-refractivity contribution >= 4 is 22.4 Å². The van der Waals surface area contributed by atoms with E-state index in [-0.39, 0.29) is 17.7 Å². The average molecular weight is 279 g/mol. The summed E-state index contributed by atoms with van der Waals surface area (Å²) < 4.78 is 5.68. The summed E-state index contributed by atoms with van der Waals surface area (Å²) in [6, 6.07) is 0. The van der Waals surface area contributed by atoms with Crippen LogP contribution in [-0.2, 0) is 16.6 Å². The van der Waals surface area contributed by atoms with Gasteiger partial charge in [-0.05, 0) is 6.92 Å². The molecule has 2 rings (SSSR count). The van der Waals surface area contributed by atoms with Gasteiger partial charge in [-0.1, -0.05) is 20.8 Å². The number of aromatic nitrogens is 2. The largest absolute Gasteiger partial charge is 0.444 e. The Kier molecular flexibility index (Phi) is 3.71. The number of carbonyl (C=O) groups is 1. The topological polar surface area (TPSA) is 68.0 Å². The summed E-state index contributed by atoms with van der Waals surface area (Å²) in [5.41, 5.74) is 0.605. The zero-order chi connectivity index (χ0) is 14.0. The van der Waals surface area contributed by atoms with Crippen LogP contribution in [0, 0.1) is 6.92 Å². The quantitative estimate of drug-likeness (QED) is 0.938. The first kappa shape index (κ1) is 13.7. The van der Waals surface area contributed by atoms with Crippen molar-refractivity contribution in [2.75, 3.05) is 5.32 Å². The molecule has 0 atom stereocenters. The van der Waals surface area contributed by atoms with Crippen molar-refractivity contribution in [1.82, 2.24) is 9.97 Å². The maximum atomic E-state index is 11.9. The SMILES string of the molecule is Cc1nc(C(C)(C)C)oc1CC(=O)Nc1nccs1. The molecular formula is C13H17N3O2S. The fourth-order valence-corrected chi connectivity index (χ4v) is 2.05. The summed E-state index contributed by atoms with van der Waals surface area (Å²) in [5.74, 6) is 1.12. The van der Waals surface area contributed by atoms with E-state index < -0.39 is 0 Å². The van der Waals surface area contributed by atoms with Gasteiger partial charge in [-0.25, -0.2) is 9.97 Å². The number of hydrogen-bond donors (Lipinski definition) is 1. The van der Waals surface area contributed by atoms with E-state index in [1.807, 2.05) is 33.1 Å². The van der Waals surface area contributed by atoms with Crippen LogP contribution >= 0.6 is 11.3 Å². The van der Waals surface area contributed by atoms with Crippen LogP contribution in [0.2, 0.25) is 0 Å². The summed E-state index contributed by atoms with van der Waals surface area (Å²) in [7, 11) is 0. The highest BCUT2D eigenvalue weighted by Crippen LogP contribution is 2.24. The lowest BCUT2D eigenvalue weighted by Crippen LogP contribution is -2.14. The van der Waals surface area contributed by atoms with Gasteiger partial charge in [0.1, 0.15) is 5.76 Å². The molecule has 0 aromatic carbocycles. The second kappa shape index (κ2) is 5.13. The third-order valence-electron chi connectivity index (χ3n) is 2.53. The van der Waals surface area contributed by atoms with Crippen molar-refractivity contribution in [3.63, 3.8) is 0 Å². The number of nitrogens with zero attached hydrogens (tertiary/aromatic N) is 2. The van der Waals surface area contributed by atoms with Gasteiger partial charge in [0.15, 0.2) is 11.0 Å². The molecule has 0 radical (unpaired) electrons. The molecule has 0 spiro atoms. The number of carbonyl (C=O) groups excluding carboxylic acids is 1. The fourth-order valence-electron chi connectivity index (χ4n) is 1.51. The van der Waals surface area contributed by atoms with Crippen molar-refractivity contribution in [3.8, 4) is 0 Å². The summed E-state index contributed by atoms with van der Waals surface area (Å²) in [5, 5.41) is 5.13. The van der Waals surface area contributed by atoms with Crippen molar-refractivity contribution in [1.29, 1.82) is 0 Å². The molecule has 0 bridgehead atoms. The molecule has 2 aromatic rings. The van der Waals surface area contributed by atoms with E-state index >= 15 is 0 Å². The molecule has 102 valence electrons. The molecule has 0 unspecified atom stereocenters. The average Bonchev–Trinajstić information content (AvgIpc) is 2.88. The smallest absolute Gasteiger partial charge is 0.233 e. The summed E-state index contributed by atoms with van der Waals surface area (Å²) in [6.07, 6.45) is 1.83. The van der Waals surface area contributed by atoms with E-state index in [2.05, 4.69) is 15.3 Å². The molecule has 2 aromatic heterocycles. The van der Waals surface area contributed by atoms with Gasteiger partial charge in [0.25, 0.3) is 0 Å². The molecule has 2 heterocycles. The van der Waals surface area contributed by atoms with E-state index in [0.717, 1.165) is 5.69 Å². The van der Waals surface area contributed by atoms with Gasteiger partial charge in [0.2, 0.25) is 5.91 Å². The third-order valence-corrected chi connectivity index (χ3v) is 3.22. The molecule has 6 heteroatoms. The monoisotopic (exact) mass is 279 g/mol. The van der Waals surface area contributed by atoms with Gasteiger partial charge in [0, 0.05) is 17.0 Å². The normalized spacial score (nSPS) is 11.6. The Morgan fingerprint density at radius 3 is 2.74 bits per heavy atom. The van der Waals surface area contributed by atoms with Gasteiger partial charge in [-0.15, -0.1) is 11.3 Å². The third kappa shape index (κ3) is 3.41. The molecule has 0 saturated heterocycles. The van der Waals surface area contributed by atoms with E-state index in [0.29, 0.717) is 16.8 Å². The molecule has 0 fully saturated rings. The number of thiazole rings is 1. The summed E-state index contributed by atoms with van der Waals surface area (Å²) in [6.45, 7) is 7.93. The Morgan fingerprint density at radius 1 is 1.47 bits per heavy atom. The van der Waals surface area contributed by atoms with Crippen LogP contribution < -0.4 is 5.32 Å². The lowest BCUT2D eigenvalue weighted by Gasteiger charge is -2.12. The van der Waals surface area contributed by atoms with Gasteiger partial charge in [-0.3, -0.25) is 4.79 Å². The van der Waals surface area contributed by atoms with E-state index in [4.69, 9.17) is 4.42 Å². The van der Waals surface area contributed by atoms with Crippen LogP contribution in [0.1, 0.15) is 38.1 Å². The minimum absolute atomic E-state index is 0.144. The molecule has 0 saturated carbocycles. The Bertz CT molecular complexity index is 567.